The number of pyridine rings is 1. The van der Waals surface area contributed by atoms with Crippen LogP contribution in [0.5, 0.6) is 5.88 Å². The van der Waals surface area contributed by atoms with E-state index in [1.165, 1.54) is 0 Å². The van der Waals surface area contributed by atoms with Crippen LogP contribution in [0.15, 0.2) is 22.9 Å². The summed E-state index contributed by atoms with van der Waals surface area (Å²) < 4.78 is 8.22. The Balaban J connectivity index is 2.82. The highest BCUT2D eigenvalue weighted by Gasteiger charge is 2.11. The van der Waals surface area contributed by atoms with Gasteiger partial charge in [0.2, 0.25) is 5.88 Å². The van der Waals surface area contributed by atoms with Gasteiger partial charge in [-0.15, -0.1) is 0 Å². The second-order valence-electron chi connectivity index (χ2n) is 2.59. The predicted octanol–water partition coefficient (Wildman–Crippen LogP) is 3.65. The van der Waals surface area contributed by atoms with Gasteiger partial charge in [-0.3, -0.25) is 3.97 Å². The lowest BCUT2D eigenvalue weighted by Crippen LogP contribution is -1.91. The maximum absolute atomic E-state index is 5.21. The van der Waals surface area contributed by atoms with Crippen molar-refractivity contribution in [3.63, 3.8) is 0 Å². The number of ether oxygens (including phenoxy) is 1. The lowest BCUT2D eigenvalue weighted by atomic mass is 10.3. The van der Waals surface area contributed by atoms with Gasteiger partial charge in [0, 0.05) is 52.6 Å². The lowest BCUT2D eigenvalue weighted by molar-refractivity contribution is 0.402. The summed E-state index contributed by atoms with van der Waals surface area (Å²) in [5, 5.41) is 1.11. The molecule has 14 heavy (non-hydrogen) atoms. The molecule has 2 heterocycles. The van der Waals surface area contributed by atoms with Gasteiger partial charge >= 0.3 is 0 Å². The van der Waals surface area contributed by atoms with E-state index in [4.69, 9.17) is 4.74 Å². The summed E-state index contributed by atoms with van der Waals surface area (Å²) in [4.78, 5) is 4.20. The normalized spacial score (nSPS) is 10.8. The summed E-state index contributed by atoms with van der Waals surface area (Å²) in [6, 6.07) is 2.04. The third-order valence-corrected chi connectivity index (χ3v) is 4.23. The number of hydrogen-bond acceptors (Lipinski definition) is 3. The van der Waals surface area contributed by atoms with Gasteiger partial charge in [0.05, 0.1) is 7.11 Å². The van der Waals surface area contributed by atoms with Gasteiger partial charge in [0.1, 0.15) is 5.52 Å². The van der Waals surface area contributed by atoms with Crippen LogP contribution in [0, 0.1) is 0 Å². The topological polar surface area (TPSA) is 27.1 Å². The van der Waals surface area contributed by atoms with Crippen molar-refractivity contribution in [1.29, 1.82) is 0 Å². The molecule has 0 aliphatic rings. The molecule has 0 aliphatic carbocycles. The van der Waals surface area contributed by atoms with Crippen LogP contribution in [0.1, 0.15) is 0 Å². The Morgan fingerprint density at radius 3 is 3.07 bits per heavy atom. The average molecular weight is 385 g/mol. The minimum atomic E-state index is 0.650. The van der Waals surface area contributed by atoms with E-state index in [0.29, 0.717) is 5.88 Å². The van der Waals surface area contributed by atoms with Gasteiger partial charge in [-0.05, 0) is 22.0 Å². The third-order valence-electron chi connectivity index (χ3n) is 1.87. The zero-order valence-corrected chi connectivity index (χ0v) is 11.8. The van der Waals surface area contributed by atoms with Crippen LogP contribution in [0.2, 0.25) is 0 Å². The molecule has 0 saturated heterocycles. The highest BCUT2D eigenvalue weighted by molar-refractivity contribution is 14.2. The van der Waals surface area contributed by atoms with Crippen molar-refractivity contribution < 1.29 is 4.74 Å². The second-order valence-corrected chi connectivity index (χ2v) is 5.16. The lowest BCUT2D eigenvalue weighted by Gasteiger charge is -2.04. The van der Waals surface area contributed by atoms with Gasteiger partial charge in [-0.1, -0.05) is 0 Å². The van der Waals surface area contributed by atoms with E-state index in [9.17, 15) is 0 Å². The zero-order valence-electron chi connectivity index (χ0n) is 7.20. The molecule has 0 amide bonds. The maximum atomic E-state index is 5.21. The smallest absolute Gasteiger partial charge is 0.239 e. The molecule has 0 unspecified atom stereocenters. The number of halogens is 2. The van der Waals surface area contributed by atoms with E-state index in [2.05, 4.69) is 42.1 Å². The summed E-state index contributed by atoms with van der Waals surface area (Å²) in [7, 11) is 3.22. The van der Waals surface area contributed by atoms with Gasteiger partial charge in [0.15, 0.2) is 0 Å². The fourth-order valence-electron chi connectivity index (χ4n) is 1.27. The first-order valence-electron chi connectivity index (χ1n) is 3.76. The van der Waals surface area contributed by atoms with E-state index in [1.807, 2.05) is 16.2 Å². The number of methoxy groups -OCH3 is 1. The molecule has 0 atom stereocenters. The number of nitrogens with zero attached hydrogens (tertiary/aromatic N) is 2. The van der Waals surface area contributed by atoms with E-state index >= 15 is 0 Å². The van der Waals surface area contributed by atoms with E-state index in [1.54, 1.807) is 22.4 Å². The molecular formula is C8H6BrIN2OS. The van der Waals surface area contributed by atoms with Gasteiger partial charge in [-0.25, -0.2) is 4.98 Å². The first-order chi connectivity index (χ1) is 6.77. The molecule has 2 aromatic heterocycles. The Morgan fingerprint density at radius 2 is 2.43 bits per heavy atom. The fraction of sp³-hybridized carbons (Fsp3) is 0.125. The largest absolute Gasteiger partial charge is 0.479 e. The van der Waals surface area contributed by atoms with Crippen molar-refractivity contribution in [2.45, 2.75) is 0 Å². The standard InChI is InChI=1S/C8H6BrIN2OS/c1-13-8-7-5(6(9)4-11-8)2-3-12(7)14-10/h2-4H,1H3. The van der Waals surface area contributed by atoms with E-state index < -0.39 is 0 Å². The fourth-order valence-corrected chi connectivity index (χ4v) is 3.03. The summed E-state index contributed by atoms with van der Waals surface area (Å²) >= 11 is 5.68. The number of fused-ring (bicyclic) bond motifs is 1. The van der Waals surface area contributed by atoms with Crippen LogP contribution in [0.4, 0.5) is 0 Å². The first-order valence-corrected chi connectivity index (χ1v) is 7.87. The summed E-state index contributed by atoms with van der Waals surface area (Å²) in [5.74, 6) is 0.650. The SMILES string of the molecule is COc1ncc(Br)c2ccn(SI)c12. The Morgan fingerprint density at radius 1 is 1.64 bits per heavy atom. The second kappa shape index (κ2) is 4.28. The number of aromatic nitrogens is 2. The van der Waals surface area contributed by atoms with E-state index in [-0.39, 0.29) is 0 Å². The molecule has 0 N–H and O–H groups in total. The minimum absolute atomic E-state index is 0.650. The molecule has 0 spiro atoms. The first kappa shape index (κ1) is 10.6. The molecule has 2 rings (SSSR count). The highest BCUT2D eigenvalue weighted by atomic mass is 127. The molecule has 0 aromatic carbocycles. The van der Waals surface area contributed by atoms with E-state index in [0.717, 1.165) is 15.4 Å². The average Bonchev–Trinajstić information content (AvgIpc) is 2.63. The highest BCUT2D eigenvalue weighted by Crippen LogP contribution is 2.34. The molecule has 0 bridgehead atoms. The third kappa shape index (κ3) is 1.63. The summed E-state index contributed by atoms with van der Waals surface area (Å²) in [5.41, 5.74) is 1.00. The molecule has 74 valence electrons. The van der Waals surface area contributed by atoms with Gasteiger partial charge in [-0.2, -0.15) is 0 Å². The minimum Gasteiger partial charge on any atom is -0.479 e. The molecule has 0 fully saturated rings. The zero-order chi connectivity index (χ0) is 10.1. The van der Waals surface area contributed by atoms with Crippen LogP contribution in [-0.2, 0) is 0 Å². The Hall–Kier alpha value is 0.0500. The molecule has 0 radical (unpaired) electrons. The van der Waals surface area contributed by atoms with Crippen LogP contribution in [0.25, 0.3) is 10.9 Å². The molecular weight excluding hydrogens is 379 g/mol. The van der Waals surface area contributed by atoms with Crippen LogP contribution in [0.3, 0.4) is 0 Å². The van der Waals surface area contributed by atoms with Gasteiger partial charge < -0.3 is 4.74 Å². The molecule has 0 saturated carbocycles. The summed E-state index contributed by atoms with van der Waals surface area (Å²) in [6.07, 6.45) is 3.75. The van der Waals surface area contributed by atoms with Crippen LogP contribution >= 0.6 is 46.3 Å². The van der Waals surface area contributed by atoms with Gasteiger partial charge in [0.25, 0.3) is 0 Å². The summed E-state index contributed by atoms with van der Waals surface area (Å²) in [6.45, 7) is 0. The Bertz CT molecular complexity index is 474. The molecule has 0 aliphatic heterocycles. The van der Waals surface area contributed by atoms with Crippen molar-refractivity contribution in [1.82, 2.24) is 8.96 Å². The Kier molecular flexibility index (Phi) is 3.23. The molecule has 3 nitrogen and oxygen atoms in total. The quantitative estimate of drug-likeness (QED) is 0.739. The Labute approximate surface area is 106 Å². The molecule has 2 aromatic rings. The van der Waals surface area contributed by atoms with Crippen molar-refractivity contribution in [3.8, 4) is 5.88 Å². The van der Waals surface area contributed by atoms with Crippen LogP contribution in [-0.4, -0.2) is 16.1 Å². The van der Waals surface area contributed by atoms with Crippen molar-refractivity contribution in [2.24, 2.45) is 0 Å². The predicted molar refractivity (Wildman–Crippen MR) is 71.0 cm³/mol. The molecule has 6 heteroatoms. The number of hydrogen-bond donors (Lipinski definition) is 0. The van der Waals surface area contributed by atoms with Crippen LogP contribution < -0.4 is 4.74 Å². The maximum Gasteiger partial charge on any atom is 0.239 e. The van der Waals surface area contributed by atoms with Crippen molar-refractivity contribution in [2.75, 3.05) is 7.11 Å². The monoisotopic (exact) mass is 384 g/mol. The van der Waals surface area contributed by atoms with Crippen molar-refractivity contribution in [3.05, 3.63) is 22.9 Å². The number of rotatable bonds is 2. The van der Waals surface area contributed by atoms with Crippen molar-refractivity contribution >= 4 is 57.2 Å².